The maximum absolute atomic E-state index is 11.4. The van der Waals surface area contributed by atoms with Gasteiger partial charge < -0.3 is 4.74 Å². The Morgan fingerprint density at radius 2 is 2.10 bits per heavy atom. The van der Waals surface area contributed by atoms with Crippen LogP contribution in [0.2, 0.25) is 0 Å². The minimum absolute atomic E-state index is 0.329. The SMILES string of the molecule is COC(=O)c1ccc(CSc2ncnc3[nH]ncc23)cc1. The molecule has 2 aromatic heterocycles. The highest BCUT2D eigenvalue weighted by Crippen LogP contribution is 2.26. The standard InChI is InChI=1S/C14H12N4O2S/c1-20-14(19)10-4-2-9(3-5-10)7-21-13-11-6-17-18-12(11)15-8-16-13/h2-6,8H,7H2,1H3,(H,15,16,17,18). The van der Waals surface area contributed by atoms with E-state index >= 15 is 0 Å². The van der Waals surface area contributed by atoms with E-state index in [0.29, 0.717) is 5.56 Å². The highest BCUT2D eigenvalue weighted by Gasteiger charge is 2.07. The zero-order chi connectivity index (χ0) is 14.7. The largest absolute Gasteiger partial charge is 0.465 e. The van der Waals surface area contributed by atoms with E-state index in [-0.39, 0.29) is 5.97 Å². The van der Waals surface area contributed by atoms with Crippen LogP contribution < -0.4 is 0 Å². The number of hydrogen-bond donors (Lipinski definition) is 1. The summed E-state index contributed by atoms with van der Waals surface area (Å²) in [7, 11) is 1.37. The molecule has 0 unspecified atom stereocenters. The molecule has 0 aliphatic heterocycles. The number of aromatic amines is 1. The van der Waals surface area contributed by atoms with E-state index in [9.17, 15) is 4.79 Å². The highest BCUT2D eigenvalue weighted by molar-refractivity contribution is 7.98. The van der Waals surface area contributed by atoms with E-state index in [1.54, 1.807) is 30.1 Å². The van der Waals surface area contributed by atoms with Crippen LogP contribution in [-0.4, -0.2) is 33.2 Å². The molecule has 0 amide bonds. The Bertz CT molecular complexity index is 770. The molecule has 0 fully saturated rings. The number of aromatic nitrogens is 4. The molecule has 1 aromatic carbocycles. The van der Waals surface area contributed by atoms with Crippen molar-refractivity contribution in [1.82, 2.24) is 20.2 Å². The van der Waals surface area contributed by atoms with Crippen molar-refractivity contribution < 1.29 is 9.53 Å². The topological polar surface area (TPSA) is 80.8 Å². The molecule has 106 valence electrons. The van der Waals surface area contributed by atoms with Crippen molar-refractivity contribution in [2.45, 2.75) is 10.8 Å². The van der Waals surface area contributed by atoms with E-state index in [0.717, 1.165) is 27.4 Å². The number of H-pyrrole nitrogens is 1. The normalized spacial score (nSPS) is 10.7. The Morgan fingerprint density at radius 3 is 2.86 bits per heavy atom. The number of ether oxygens (including phenoxy) is 1. The van der Waals surface area contributed by atoms with Crippen LogP contribution in [0.5, 0.6) is 0 Å². The molecule has 0 saturated carbocycles. The summed E-state index contributed by atoms with van der Waals surface area (Å²) < 4.78 is 4.67. The number of methoxy groups -OCH3 is 1. The van der Waals surface area contributed by atoms with Gasteiger partial charge in [-0.05, 0) is 17.7 Å². The van der Waals surface area contributed by atoms with Crippen molar-refractivity contribution in [1.29, 1.82) is 0 Å². The molecule has 7 heteroatoms. The van der Waals surface area contributed by atoms with Gasteiger partial charge in [-0.3, -0.25) is 5.10 Å². The fourth-order valence-corrected chi connectivity index (χ4v) is 2.79. The Balaban J connectivity index is 1.73. The third-order valence-electron chi connectivity index (χ3n) is 2.96. The summed E-state index contributed by atoms with van der Waals surface area (Å²) in [6, 6.07) is 7.34. The average Bonchev–Trinajstić information content (AvgIpc) is 3.02. The molecule has 0 saturated heterocycles. The van der Waals surface area contributed by atoms with Gasteiger partial charge in [-0.25, -0.2) is 14.8 Å². The maximum Gasteiger partial charge on any atom is 0.337 e. The second-order valence-electron chi connectivity index (χ2n) is 4.29. The summed E-state index contributed by atoms with van der Waals surface area (Å²) in [5.41, 5.74) is 2.38. The molecule has 0 aliphatic carbocycles. The lowest BCUT2D eigenvalue weighted by Crippen LogP contribution is -2.00. The number of thioether (sulfide) groups is 1. The minimum atomic E-state index is -0.329. The van der Waals surface area contributed by atoms with Crippen LogP contribution in [0.1, 0.15) is 15.9 Å². The van der Waals surface area contributed by atoms with Crippen LogP contribution >= 0.6 is 11.8 Å². The van der Waals surface area contributed by atoms with E-state index < -0.39 is 0 Å². The molecule has 0 aliphatic rings. The molecule has 1 N–H and O–H groups in total. The first-order valence-corrected chi connectivity index (χ1v) is 7.20. The molecule has 0 bridgehead atoms. The number of benzene rings is 1. The van der Waals surface area contributed by atoms with Gasteiger partial charge in [0.05, 0.1) is 24.3 Å². The lowest BCUT2D eigenvalue weighted by Gasteiger charge is -2.03. The predicted molar refractivity (Wildman–Crippen MR) is 79.0 cm³/mol. The number of fused-ring (bicyclic) bond motifs is 1. The quantitative estimate of drug-likeness (QED) is 0.453. The van der Waals surface area contributed by atoms with Crippen LogP contribution in [0, 0.1) is 0 Å². The summed E-state index contributed by atoms with van der Waals surface area (Å²) >= 11 is 1.60. The monoisotopic (exact) mass is 300 g/mol. The van der Waals surface area contributed by atoms with Crippen LogP contribution in [0.25, 0.3) is 11.0 Å². The Morgan fingerprint density at radius 1 is 1.29 bits per heavy atom. The van der Waals surface area contributed by atoms with Crippen molar-refractivity contribution in [3.8, 4) is 0 Å². The Kier molecular flexibility index (Phi) is 3.83. The average molecular weight is 300 g/mol. The van der Waals surface area contributed by atoms with Crippen molar-refractivity contribution in [3.63, 3.8) is 0 Å². The van der Waals surface area contributed by atoms with Crippen LogP contribution in [0.15, 0.2) is 41.8 Å². The third kappa shape index (κ3) is 2.87. The zero-order valence-corrected chi connectivity index (χ0v) is 12.1. The van der Waals surface area contributed by atoms with Gasteiger partial charge in [-0.15, -0.1) is 11.8 Å². The molecule has 0 spiro atoms. The van der Waals surface area contributed by atoms with Crippen molar-refractivity contribution in [2.24, 2.45) is 0 Å². The summed E-state index contributed by atoms with van der Waals surface area (Å²) in [6.07, 6.45) is 3.24. The lowest BCUT2D eigenvalue weighted by molar-refractivity contribution is 0.0600. The van der Waals surface area contributed by atoms with Crippen LogP contribution in [0.4, 0.5) is 0 Å². The molecule has 2 heterocycles. The van der Waals surface area contributed by atoms with E-state index in [4.69, 9.17) is 0 Å². The second kappa shape index (κ2) is 5.92. The summed E-state index contributed by atoms with van der Waals surface area (Å²) in [4.78, 5) is 19.7. The van der Waals surface area contributed by atoms with E-state index in [1.165, 1.54) is 13.4 Å². The first kappa shape index (κ1) is 13.6. The lowest BCUT2D eigenvalue weighted by atomic mass is 10.1. The molecule has 0 radical (unpaired) electrons. The molecule has 6 nitrogen and oxygen atoms in total. The van der Waals surface area contributed by atoms with Gasteiger partial charge in [0.15, 0.2) is 5.65 Å². The van der Waals surface area contributed by atoms with Crippen LogP contribution in [-0.2, 0) is 10.5 Å². The Labute approximate surface area is 124 Å². The van der Waals surface area contributed by atoms with Gasteiger partial charge in [-0.1, -0.05) is 12.1 Å². The molecule has 21 heavy (non-hydrogen) atoms. The molecule has 3 aromatic rings. The predicted octanol–water partition coefficient (Wildman–Crippen LogP) is 2.43. The first-order valence-electron chi connectivity index (χ1n) is 6.22. The fourth-order valence-electron chi connectivity index (χ4n) is 1.86. The van der Waals surface area contributed by atoms with E-state index in [2.05, 4.69) is 24.9 Å². The number of carbonyl (C=O) groups is 1. The highest BCUT2D eigenvalue weighted by atomic mass is 32.2. The second-order valence-corrected chi connectivity index (χ2v) is 5.25. The van der Waals surface area contributed by atoms with Crippen molar-refractivity contribution in [3.05, 3.63) is 47.9 Å². The van der Waals surface area contributed by atoms with E-state index in [1.807, 2.05) is 12.1 Å². The van der Waals surface area contributed by atoms with Gasteiger partial charge in [0, 0.05) is 5.75 Å². The summed E-state index contributed by atoms with van der Waals surface area (Å²) in [5.74, 6) is 0.420. The Hall–Kier alpha value is -2.41. The molecular formula is C14H12N4O2S. The summed E-state index contributed by atoms with van der Waals surface area (Å²) in [6.45, 7) is 0. The zero-order valence-electron chi connectivity index (χ0n) is 11.2. The smallest absolute Gasteiger partial charge is 0.337 e. The molecule has 0 atom stereocenters. The number of esters is 1. The van der Waals surface area contributed by atoms with Crippen molar-refractivity contribution in [2.75, 3.05) is 7.11 Å². The van der Waals surface area contributed by atoms with Gasteiger partial charge in [0.1, 0.15) is 11.4 Å². The number of carbonyl (C=O) groups excluding carboxylic acids is 1. The number of nitrogens with zero attached hydrogens (tertiary/aromatic N) is 3. The molecule has 3 rings (SSSR count). The maximum atomic E-state index is 11.4. The van der Waals surface area contributed by atoms with Gasteiger partial charge in [-0.2, -0.15) is 5.10 Å². The minimum Gasteiger partial charge on any atom is -0.465 e. The third-order valence-corrected chi connectivity index (χ3v) is 4.04. The van der Waals surface area contributed by atoms with Gasteiger partial charge in [0.2, 0.25) is 0 Å². The number of rotatable bonds is 4. The number of nitrogens with one attached hydrogen (secondary N) is 1. The van der Waals surface area contributed by atoms with Gasteiger partial charge >= 0.3 is 5.97 Å². The number of hydrogen-bond acceptors (Lipinski definition) is 6. The molecular weight excluding hydrogens is 288 g/mol. The van der Waals surface area contributed by atoms with Crippen molar-refractivity contribution >= 4 is 28.8 Å². The summed E-state index contributed by atoms with van der Waals surface area (Å²) in [5, 5.41) is 8.57. The van der Waals surface area contributed by atoms with Gasteiger partial charge in [0.25, 0.3) is 0 Å². The first-order chi connectivity index (χ1) is 10.3. The van der Waals surface area contributed by atoms with Crippen LogP contribution in [0.3, 0.4) is 0 Å². The fraction of sp³-hybridized carbons (Fsp3) is 0.143.